The van der Waals surface area contributed by atoms with Crippen LogP contribution in [0.25, 0.3) is 10.2 Å². The smallest absolute Gasteiger partial charge is 0.416 e. The fourth-order valence-corrected chi connectivity index (χ4v) is 4.13. The van der Waals surface area contributed by atoms with Gasteiger partial charge in [0.05, 0.1) is 22.3 Å². The first-order valence-electron chi connectivity index (χ1n) is 9.61. The number of carbonyl (C=O) groups excluding carboxylic acids is 1. The van der Waals surface area contributed by atoms with Crippen LogP contribution >= 0.6 is 11.3 Å². The summed E-state index contributed by atoms with van der Waals surface area (Å²) in [6.07, 6.45) is -4.42. The molecule has 31 heavy (non-hydrogen) atoms. The van der Waals surface area contributed by atoms with Crippen LogP contribution in [0.15, 0.2) is 72.1 Å². The summed E-state index contributed by atoms with van der Waals surface area (Å²) < 4.78 is 47.3. The van der Waals surface area contributed by atoms with Crippen molar-refractivity contribution in [1.29, 1.82) is 0 Å². The fraction of sp³-hybridized carbons (Fsp3) is 0.174. The summed E-state index contributed by atoms with van der Waals surface area (Å²) in [5.74, 6) is 0.396. The summed E-state index contributed by atoms with van der Waals surface area (Å²) in [6, 6.07) is 18.1. The van der Waals surface area contributed by atoms with Crippen molar-refractivity contribution in [2.45, 2.75) is 19.3 Å². The van der Waals surface area contributed by atoms with E-state index in [1.54, 1.807) is 12.1 Å². The molecular weight excluding hydrogens is 425 g/mol. The number of hydrogen-bond acceptors (Lipinski definition) is 3. The SMILES string of the molecule is O=C(NCc1cccc(C(F)(F)F)c1)c1cc2sccc2n1CCOc1ccccc1. The third-order valence-corrected chi connectivity index (χ3v) is 5.64. The van der Waals surface area contributed by atoms with Crippen LogP contribution in [0.5, 0.6) is 5.75 Å². The number of nitrogens with zero attached hydrogens (tertiary/aromatic N) is 1. The lowest BCUT2D eigenvalue weighted by Crippen LogP contribution is -2.26. The van der Waals surface area contributed by atoms with Gasteiger partial charge in [-0.15, -0.1) is 11.3 Å². The molecule has 0 aliphatic heterocycles. The molecule has 160 valence electrons. The molecule has 2 aromatic heterocycles. The lowest BCUT2D eigenvalue weighted by atomic mass is 10.1. The van der Waals surface area contributed by atoms with E-state index >= 15 is 0 Å². The second-order valence-electron chi connectivity index (χ2n) is 6.89. The second-order valence-corrected chi connectivity index (χ2v) is 7.84. The Balaban J connectivity index is 1.46. The van der Waals surface area contributed by atoms with Crippen molar-refractivity contribution in [3.05, 3.63) is 88.9 Å². The minimum Gasteiger partial charge on any atom is -0.492 e. The van der Waals surface area contributed by atoms with E-state index in [-0.39, 0.29) is 12.5 Å². The van der Waals surface area contributed by atoms with Crippen molar-refractivity contribution >= 4 is 27.5 Å². The fourth-order valence-electron chi connectivity index (χ4n) is 3.31. The van der Waals surface area contributed by atoms with E-state index in [9.17, 15) is 18.0 Å². The number of aromatic nitrogens is 1. The molecule has 2 heterocycles. The average Bonchev–Trinajstić information content (AvgIpc) is 3.35. The Morgan fingerprint density at radius 2 is 1.84 bits per heavy atom. The van der Waals surface area contributed by atoms with Crippen molar-refractivity contribution < 1.29 is 22.7 Å². The van der Waals surface area contributed by atoms with Gasteiger partial charge in [0.15, 0.2) is 0 Å². The molecule has 0 unspecified atom stereocenters. The maximum absolute atomic E-state index is 12.9. The molecule has 0 atom stereocenters. The van der Waals surface area contributed by atoms with E-state index in [2.05, 4.69) is 5.32 Å². The highest BCUT2D eigenvalue weighted by atomic mass is 32.1. The van der Waals surface area contributed by atoms with Crippen LogP contribution in [0.3, 0.4) is 0 Å². The zero-order valence-corrected chi connectivity index (χ0v) is 17.2. The van der Waals surface area contributed by atoms with E-state index in [4.69, 9.17) is 4.74 Å². The normalized spacial score (nSPS) is 11.6. The summed E-state index contributed by atoms with van der Waals surface area (Å²) in [7, 11) is 0. The van der Waals surface area contributed by atoms with Gasteiger partial charge in [0.2, 0.25) is 0 Å². The Morgan fingerprint density at radius 1 is 1.03 bits per heavy atom. The van der Waals surface area contributed by atoms with Crippen LogP contribution in [0.1, 0.15) is 21.6 Å². The minimum atomic E-state index is -4.42. The number of amides is 1. The van der Waals surface area contributed by atoms with E-state index < -0.39 is 11.7 Å². The maximum Gasteiger partial charge on any atom is 0.416 e. The molecular formula is C23H19F3N2O2S. The van der Waals surface area contributed by atoms with Crippen LogP contribution < -0.4 is 10.1 Å². The maximum atomic E-state index is 12.9. The molecule has 0 saturated carbocycles. The highest BCUT2D eigenvalue weighted by molar-refractivity contribution is 7.17. The van der Waals surface area contributed by atoms with Gasteiger partial charge in [-0.1, -0.05) is 30.3 Å². The number of halogens is 3. The highest BCUT2D eigenvalue weighted by Gasteiger charge is 2.30. The lowest BCUT2D eigenvalue weighted by molar-refractivity contribution is -0.137. The van der Waals surface area contributed by atoms with Crippen molar-refractivity contribution in [3.8, 4) is 5.75 Å². The summed E-state index contributed by atoms with van der Waals surface area (Å²) in [5.41, 5.74) is 1.02. The molecule has 4 rings (SSSR count). The number of carbonyl (C=O) groups is 1. The van der Waals surface area contributed by atoms with Gasteiger partial charge in [-0.25, -0.2) is 0 Å². The highest BCUT2D eigenvalue weighted by Crippen LogP contribution is 2.29. The molecule has 8 heteroatoms. The number of fused-ring (bicyclic) bond motifs is 1. The lowest BCUT2D eigenvalue weighted by Gasteiger charge is -2.13. The zero-order chi connectivity index (χ0) is 21.8. The summed E-state index contributed by atoms with van der Waals surface area (Å²) >= 11 is 1.52. The Bertz CT molecular complexity index is 1180. The molecule has 0 saturated heterocycles. The number of hydrogen-bond donors (Lipinski definition) is 1. The van der Waals surface area contributed by atoms with E-state index in [0.717, 1.165) is 28.1 Å². The van der Waals surface area contributed by atoms with Gasteiger partial charge in [0.25, 0.3) is 5.91 Å². The summed E-state index contributed by atoms with van der Waals surface area (Å²) in [6.45, 7) is 0.834. The predicted octanol–water partition coefficient (Wildman–Crippen LogP) is 5.73. The molecule has 0 aliphatic rings. The van der Waals surface area contributed by atoms with Crippen LogP contribution in [0, 0.1) is 0 Å². The molecule has 0 spiro atoms. The Morgan fingerprint density at radius 3 is 2.61 bits per heavy atom. The van der Waals surface area contributed by atoms with Gasteiger partial charge < -0.3 is 14.6 Å². The van der Waals surface area contributed by atoms with E-state index in [1.807, 2.05) is 46.3 Å². The first-order chi connectivity index (χ1) is 14.9. The van der Waals surface area contributed by atoms with Gasteiger partial charge in [-0.2, -0.15) is 13.2 Å². The van der Waals surface area contributed by atoms with Crippen LogP contribution in [-0.4, -0.2) is 17.1 Å². The number of nitrogens with one attached hydrogen (secondary N) is 1. The number of thiophene rings is 1. The topological polar surface area (TPSA) is 43.3 Å². The molecule has 0 bridgehead atoms. The monoisotopic (exact) mass is 444 g/mol. The van der Waals surface area contributed by atoms with E-state index in [0.29, 0.717) is 24.4 Å². The number of rotatable bonds is 7. The van der Waals surface area contributed by atoms with Crippen molar-refractivity contribution in [3.63, 3.8) is 0 Å². The first kappa shape index (κ1) is 21.0. The Hall–Kier alpha value is -3.26. The molecule has 0 fully saturated rings. The number of ether oxygens (including phenoxy) is 1. The zero-order valence-electron chi connectivity index (χ0n) is 16.4. The Kier molecular flexibility index (Phi) is 5.99. The molecule has 4 aromatic rings. The number of alkyl halides is 3. The van der Waals surface area contributed by atoms with Gasteiger partial charge in [0.1, 0.15) is 18.1 Å². The van der Waals surface area contributed by atoms with E-state index in [1.165, 1.54) is 17.4 Å². The van der Waals surface area contributed by atoms with Gasteiger partial charge >= 0.3 is 6.18 Å². The quantitative estimate of drug-likeness (QED) is 0.396. The average molecular weight is 444 g/mol. The third kappa shape index (κ3) is 4.91. The number of para-hydroxylation sites is 1. The predicted molar refractivity (Wildman–Crippen MR) is 114 cm³/mol. The van der Waals surface area contributed by atoms with Gasteiger partial charge in [-0.05, 0) is 47.3 Å². The molecule has 1 amide bonds. The van der Waals surface area contributed by atoms with Crippen LogP contribution in [0.4, 0.5) is 13.2 Å². The van der Waals surface area contributed by atoms with Crippen LogP contribution in [0.2, 0.25) is 0 Å². The van der Waals surface area contributed by atoms with Crippen molar-refractivity contribution in [1.82, 2.24) is 9.88 Å². The Labute approximate surface area is 180 Å². The second kappa shape index (κ2) is 8.85. The minimum absolute atomic E-state index is 0.00208. The summed E-state index contributed by atoms with van der Waals surface area (Å²) in [4.78, 5) is 12.8. The van der Waals surface area contributed by atoms with Gasteiger partial charge in [0, 0.05) is 6.54 Å². The molecule has 1 N–H and O–H groups in total. The standard InChI is InChI=1S/C23H19F3N2O2S/c24-23(25,26)17-6-4-5-16(13-17)15-27-22(29)20-14-21-19(9-12-31-21)28(20)10-11-30-18-7-2-1-3-8-18/h1-9,12-14H,10-11,15H2,(H,27,29). The first-order valence-corrected chi connectivity index (χ1v) is 10.5. The van der Waals surface area contributed by atoms with Gasteiger partial charge in [-0.3, -0.25) is 4.79 Å². The molecule has 2 aromatic carbocycles. The largest absolute Gasteiger partial charge is 0.492 e. The summed E-state index contributed by atoms with van der Waals surface area (Å²) in [5, 5.41) is 4.68. The van der Waals surface area contributed by atoms with Crippen molar-refractivity contribution in [2.24, 2.45) is 0 Å². The van der Waals surface area contributed by atoms with Crippen molar-refractivity contribution in [2.75, 3.05) is 6.61 Å². The molecule has 4 nitrogen and oxygen atoms in total. The molecule has 0 aliphatic carbocycles. The molecule has 0 radical (unpaired) electrons. The third-order valence-electron chi connectivity index (χ3n) is 4.79. The van der Waals surface area contributed by atoms with Crippen LogP contribution in [-0.2, 0) is 19.3 Å². The number of benzene rings is 2.